The number of hydrogen-bond acceptors (Lipinski definition) is 4. The average Bonchev–Trinajstić information content (AvgIpc) is 2.44. The molecule has 4 heteroatoms. The number of anilines is 1. The highest BCUT2D eigenvalue weighted by molar-refractivity contribution is 8.00. The minimum Gasteiger partial charge on any atom is -0.495 e. The third-order valence-corrected chi connectivity index (χ3v) is 5.14. The van der Waals surface area contributed by atoms with E-state index in [2.05, 4.69) is 17.0 Å². The molecule has 0 unspecified atom stereocenters. The van der Waals surface area contributed by atoms with Gasteiger partial charge in [0.2, 0.25) is 0 Å². The van der Waals surface area contributed by atoms with Crippen molar-refractivity contribution in [3.8, 4) is 5.75 Å². The monoisotopic (exact) mass is 283 g/mol. The second-order valence-corrected chi connectivity index (χ2v) is 6.50. The van der Waals surface area contributed by atoms with E-state index in [0.29, 0.717) is 0 Å². The molecule has 1 heterocycles. The van der Waals surface area contributed by atoms with E-state index in [1.807, 2.05) is 35.7 Å². The summed E-state index contributed by atoms with van der Waals surface area (Å²) in [6.07, 6.45) is 4.09. The maximum Gasteiger partial charge on any atom is 0.142 e. The molecular formula is C14H21NOS2. The first-order valence-corrected chi connectivity index (χ1v) is 8.76. The van der Waals surface area contributed by atoms with Crippen molar-refractivity contribution in [3.63, 3.8) is 0 Å². The van der Waals surface area contributed by atoms with Gasteiger partial charge in [0, 0.05) is 0 Å². The van der Waals surface area contributed by atoms with Crippen molar-refractivity contribution in [2.24, 2.45) is 0 Å². The molecule has 0 N–H and O–H groups in total. The molecule has 0 amide bonds. The number of methoxy groups -OCH3 is 1. The number of para-hydroxylation sites is 2. The number of rotatable bonds is 2. The molecule has 1 saturated heterocycles. The van der Waals surface area contributed by atoms with Crippen molar-refractivity contribution < 1.29 is 4.74 Å². The number of benzene rings is 1. The predicted molar refractivity (Wildman–Crippen MR) is 84.0 cm³/mol. The van der Waals surface area contributed by atoms with Gasteiger partial charge in [0.15, 0.2) is 0 Å². The molecule has 0 saturated carbocycles. The number of ether oxygens (including phenoxy) is 1. The molecule has 1 fully saturated rings. The van der Waals surface area contributed by atoms with Crippen LogP contribution in [0.4, 0.5) is 5.69 Å². The lowest BCUT2D eigenvalue weighted by Crippen LogP contribution is -2.23. The summed E-state index contributed by atoms with van der Waals surface area (Å²) in [5.74, 6) is 5.66. The maximum atomic E-state index is 5.47. The van der Waals surface area contributed by atoms with Crippen LogP contribution < -0.4 is 9.64 Å². The van der Waals surface area contributed by atoms with Crippen LogP contribution in [0.3, 0.4) is 0 Å². The van der Waals surface area contributed by atoms with Crippen LogP contribution in [-0.2, 0) is 0 Å². The minimum absolute atomic E-state index is 0.982. The standard InChI is InChI=1S/C14H21NOS2/c1-16-14-8-4-3-7-13(14)15-11-17-9-5-2-6-10-18-12-15/h3-4,7-8H,2,5-6,9-12H2,1H3. The molecule has 2 rings (SSSR count). The quantitative estimate of drug-likeness (QED) is 0.811. The van der Waals surface area contributed by atoms with Gasteiger partial charge in [-0.1, -0.05) is 18.6 Å². The Kier molecular flexibility index (Phi) is 6.08. The highest BCUT2D eigenvalue weighted by Gasteiger charge is 2.12. The van der Waals surface area contributed by atoms with Crippen molar-refractivity contribution in [1.29, 1.82) is 0 Å². The Morgan fingerprint density at radius 1 is 1.00 bits per heavy atom. The molecule has 1 aliphatic heterocycles. The van der Waals surface area contributed by atoms with Gasteiger partial charge in [0.25, 0.3) is 0 Å². The van der Waals surface area contributed by atoms with Gasteiger partial charge in [0.1, 0.15) is 5.75 Å². The molecule has 1 aromatic carbocycles. The Morgan fingerprint density at radius 3 is 2.33 bits per heavy atom. The van der Waals surface area contributed by atoms with E-state index in [9.17, 15) is 0 Å². The lowest BCUT2D eigenvalue weighted by Gasteiger charge is -2.26. The largest absolute Gasteiger partial charge is 0.495 e. The SMILES string of the molecule is COc1ccccc1N1CSCCCCCSC1. The zero-order valence-electron chi connectivity index (χ0n) is 10.9. The molecule has 1 aliphatic rings. The van der Waals surface area contributed by atoms with Crippen molar-refractivity contribution >= 4 is 29.2 Å². The molecule has 18 heavy (non-hydrogen) atoms. The van der Waals surface area contributed by atoms with Crippen LogP contribution in [0.2, 0.25) is 0 Å². The number of hydrogen-bond donors (Lipinski definition) is 0. The fraction of sp³-hybridized carbons (Fsp3) is 0.571. The molecule has 0 aliphatic carbocycles. The molecule has 0 radical (unpaired) electrons. The lowest BCUT2D eigenvalue weighted by molar-refractivity contribution is 0.415. The fourth-order valence-electron chi connectivity index (χ4n) is 2.00. The van der Waals surface area contributed by atoms with Crippen LogP contribution in [-0.4, -0.2) is 30.4 Å². The van der Waals surface area contributed by atoms with Gasteiger partial charge >= 0.3 is 0 Å². The van der Waals surface area contributed by atoms with Gasteiger partial charge in [0.05, 0.1) is 24.6 Å². The summed E-state index contributed by atoms with van der Waals surface area (Å²) in [7, 11) is 1.75. The molecule has 100 valence electrons. The Bertz CT molecular complexity index is 349. The summed E-state index contributed by atoms with van der Waals surface area (Å²) < 4.78 is 5.47. The van der Waals surface area contributed by atoms with Crippen LogP contribution in [0.5, 0.6) is 5.75 Å². The first kappa shape index (κ1) is 13.9. The van der Waals surface area contributed by atoms with Crippen molar-refractivity contribution in [3.05, 3.63) is 24.3 Å². The van der Waals surface area contributed by atoms with Gasteiger partial charge in [-0.15, -0.1) is 23.5 Å². The summed E-state index contributed by atoms with van der Waals surface area (Å²) in [5.41, 5.74) is 1.22. The predicted octanol–water partition coefficient (Wildman–Crippen LogP) is 4.07. The molecule has 1 aromatic rings. The van der Waals surface area contributed by atoms with Crippen molar-refractivity contribution in [2.75, 3.05) is 35.3 Å². The van der Waals surface area contributed by atoms with E-state index < -0.39 is 0 Å². The molecule has 0 aromatic heterocycles. The maximum absolute atomic E-state index is 5.47. The summed E-state index contributed by atoms with van der Waals surface area (Å²) in [6.45, 7) is 0. The van der Waals surface area contributed by atoms with Gasteiger partial charge in [-0.05, 0) is 36.5 Å². The van der Waals surface area contributed by atoms with E-state index in [1.54, 1.807) is 7.11 Å². The molecule has 2 nitrogen and oxygen atoms in total. The first-order valence-electron chi connectivity index (χ1n) is 6.45. The third-order valence-electron chi connectivity index (χ3n) is 3.00. The summed E-state index contributed by atoms with van der Waals surface area (Å²) in [5, 5.41) is 0. The minimum atomic E-state index is 0.982. The molecule has 0 atom stereocenters. The van der Waals surface area contributed by atoms with E-state index in [-0.39, 0.29) is 0 Å². The van der Waals surface area contributed by atoms with E-state index >= 15 is 0 Å². The third kappa shape index (κ3) is 4.02. The zero-order chi connectivity index (χ0) is 12.6. The average molecular weight is 283 g/mol. The van der Waals surface area contributed by atoms with Crippen molar-refractivity contribution in [2.45, 2.75) is 19.3 Å². The smallest absolute Gasteiger partial charge is 0.142 e. The second kappa shape index (κ2) is 7.85. The van der Waals surface area contributed by atoms with Crippen molar-refractivity contribution in [1.82, 2.24) is 0 Å². The van der Waals surface area contributed by atoms with Crippen LogP contribution in [0, 0.1) is 0 Å². The van der Waals surface area contributed by atoms with Gasteiger partial charge in [-0.3, -0.25) is 0 Å². The van der Waals surface area contributed by atoms with Gasteiger partial charge in [-0.25, -0.2) is 0 Å². The topological polar surface area (TPSA) is 12.5 Å². The molecule has 0 bridgehead atoms. The Hall–Kier alpha value is -0.480. The lowest BCUT2D eigenvalue weighted by atomic mass is 10.3. The Morgan fingerprint density at radius 2 is 1.67 bits per heavy atom. The Labute approximate surface area is 118 Å². The van der Waals surface area contributed by atoms with Crippen LogP contribution >= 0.6 is 23.5 Å². The number of thioether (sulfide) groups is 2. The normalized spacial score (nSPS) is 18.4. The highest BCUT2D eigenvalue weighted by Crippen LogP contribution is 2.31. The molecule has 0 spiro atoms. The van der Waals surface area contributed by atoms with E-state index in [4.69, 9.17) is 4.74 Å². The van der Waals surface area contributed by atoms with Gasteiger partial charge in [-0.2, -0.15) is 0 Å². The van der Waals surface area contributed by atoms with E-state index in [0.717, 1.165) is 17.5 Å². The second-order valence-electron chi connectivity index (χ2n) is 4.35. The number of nitrogens with zero attached hydrogens (tertiary/aromatic N) is 1. The first-order chi connectivity index (χ1) is 8.92. The van der Waals surface area contributed by atoms with Crippen LogP contribution in [0.1, 0.15) is 19.3 Å². The van der Waals surface area contributed by atoms with E-state index in [1.165, 1.54) is 36.5 Å². The van der Waals surface area contributed by atoms with Crippen LogP contribution in [0.15, 0.2) is 24.3 Å². The summed E-state index contributed by atoms with van der Waals surface area (Å²) >= 11 is 4.06. The summed E-state index contributed by atoms with van der Waals surface area (Å²) in [4.78, 5) is 2.43. The fourth-order valence-corrected chi connectivity index (χ4v) is 4.09. The van der Waals surface area contributed by atoms with Gasteiger partial charge < -0.3 is 9.64 Å². The Balaban J connectivity index is 2.07. The zero-order valence-corrected chi connectivity index (χ0v) is 12.6. The summed E-state index contributed by atoms with van der Waals surface area (Å²) in [6, 6.07) is 8.32. The highest BCUT2D eigenvalue weighted by atomic mass is 32.2. The molecular weight excluding hydrogens is 262 g/mol. The van der Waals surface area contributed by atoms with Crippen LogP contribution in [0.25, 0.3) is 0 Å².